The summed E-state index contributed by atoms with van der Waals surface area (Å²) in [4.78, 5) is 26.6. The molecular formula is C21H23BrN2O3. The van der Waals surface area contributed by atoms with Gasteiger partial charge in [0.25, 0.3) is 11.8 Å². The van der Waals surface area contributed by atoms with Crippen LogP contribution in [0.3, 0.4) is 0 Å². The third kappa shape index (κ3) is 5.32. The summed E-state index contributed by atoms with van der Waals surface area (Å²) >= 11 is 3.43. The van der Waals surface area contributed by atoms with Crippen LogP contribution in [0.1, 0.15) is 28.8 Å². The summed E-state index contributed by atoms with van der Waals surface area (Å²) in [5.74, 6) is 0.575. The molecule has 5 nitrogen and oxygen atoms in total. The molecule has 0 aliphatic carbocycles. The predicted molar refractivity (Wildman–Crippen MR) is 108 cm³/mol. The minimum Gasteiger partial charge on any atom is -0.484 e. The molecule has 0 bridgehead atoms. The zero-order chi connectivity index (χ0) is 19.2. The Balaban J connectivity index is 1.43. The number of ether oxygens (including phenoxy) is 1. The highest BCUT2D eigenvalue weighted by atomic mass is 79.9. The number of nitrogens with zero attached hydrogens (tertiary/aromatic N) is 1. The summed E-state index contributed by atoms with van der Waals surface area (Å²) in [5.41, 5.74) is 1.82. The summed E-state index contributed by atoms with van der Waals surface area (Å²) in [6.07, 6.45) is 1.49. The maximum absolute atomic E-state index is 12.6. The lowest BCUT2D eigenvalue weighted by molar-refractivity contribution is -0.124. The quantitative estimate of drug-likeness (QED) is 0.788. The molecule has 1 fully saturated rings. The average molecular weight is 431 g/mol. The number of carbonyl (C=O) groups is 2. The summed E-state index contributed by atoms with van der Waals surface area (Å²) < 4.78 is 6.32. The van der Waals surface area contributed by atoms with Crippen LogP contribution in [0.15, 0.2) is 53.0 Å². The normalized spacial score (nSPS) is 14.7. The molecule has 0 atom stereocenters. The van der Waals surface area contributed by atoms with Crippen molar-refractivity contribution in [1.29, 1.82) is 0 Å². The number of halogens is 1. The maximum Gasteiger partial charge on any atom is 0.258 e. The zero-order valence-electron chi connectivity index (χ0n) is 15.3. The van der Waals surface area contributed by atoms with Gasteiger partial charge in [0.2, 0.25) is 0 Å². The minimum atomic E-state index is -0.133. The SMILES string of the molecule is Cc1ccc(OCC(=O)NC2CCN(C(=O)c3ccccc3Br)CC2)cc1. The Morgan fingerprint density at radius 1 is 1.11 bits per heavy atom. The molecule has 1 aliphatic rings. The standard InChI is InChI=1S/C21H23BrN2O3/c1-15-6-8-17(9-7-15)27-14-20(25)23-16-10-12-24(13-11-16)21(26)18-4-2-3-5-19(18)22/h2-9,16H,10-14H2,1H3,(H,23,25). The van der Waals surface area contributed by atoms with Gasteiger partial charge in [-0.05, 0) is 60.0 Å². The van der Waals surface area contributed by atoms with E-state index in [1.165, 1.54) is 0 Å². The number of hydrogen-bond acceptors (Lipinski definition) is 3. The molecule has 0 aromatic heterocycles. The van der Waals surface area contributed by atoms with Crippen molar-refractivity contribution in [1.82, 2.24) is 10.2 Å². The summed E-state index contributed by atoms with van der Waals surface area (Å²) in [5, 5.41) is 3.00. The van der Waals surface area contributed by atoms with Crippen LogP contribution < -0.4 is 10.1 Å². The van der Waals surface area contributed by atoms with Crippen LogP contribution in [0.5, 0.6) is 5.75 Å². The van der Waals surface area contributed by atoms with Crippen LogP contribution >= 0.6 is 15.9 Å². The number of likely N-dealkylation sites (tertiary alicyclic amines) is 1. The van der Waals surface area contributed by atoms with Gasteiger partial charge in [0.1, 0.15) is 5.75 Å². The number of carbonyl (C=O) groups excluding carboxylic acids is 2. The highest BCUT2D eigenvalue weighted by molar-refractivity contribution is 9.10. The van der Waals surface area contributed by atoms with E-state index >= 15 is 0 Å². The van der Waals surface area contributed by atoms with Crippen molar-refractivity contribution in [2.24, 2.45) is 0 Å². The molecule has 1 heterocycles. The third-order valence-corrected chi connectivity index (χ3v) is 5.33. The van der Waals surface area contributed by atoms with Crippen molar-refractivity contribution in [3.63, 3.8) is 0 Å². The van der Waals surface area contributed by atoms with E-state index in [1.54, 1.807) is 0 Å². The van der Waals surface area contributed by atoms with Gasteiger partial charge < -0.3 is 15.0 Å². The molecule has 3 rings (SSSR count). The number of benzene rings is 2. The summed E-state index contributed by atoms with van der Waals surface area (Å²) in [6, 6.07) is 15.1. The number of rotatable bonds is 5. The fourth-order valence-electron chi connectivity index (χ4n) is 3.08. The zero-order valence-corrected chi connectivity index (χ0v) is 16.9. The fraction of sp³-hybridized carbons (Fsp3) is 0.333. The van der Waals surface area contributed by atoms with Gasteiger partial charge in [-0.1, -0.05) is 29.8 Å². The first kappa shape index (κ1) is 19.4. The Morgan fingerprint density at radius 3 is 2.44 bits per heavy atom. The van der Waals surface area contributed by atoms with E-state index in [0.717, 1.165) is 22.9 Å². The van der Waals surface area contributed by atoms with E-state index in [9.17, 15) is 9.59 Å². The smallest absolute Gasteiger partial charge is 0.258 e. The lowest BCUT2D eigenvalue weighted by Gasteiger charge is -2.32. The highest BCUT2D eigenvalue weighted by Gasteiger charge is 2.25. The van der Waals surface area contributed by atoms with Crippen LogP contribution in [0.2, 0.25) is 0 Å². The predicted octanol–water partition coefficient (Wildman–Crippen LogP) is 3.56. The molecule has 0 spiro atoms. The van der Waals surface area contributed by atoms with Gasteiger partial charge >= 0.3 is 0 Å². The molecule has 6 heteroatoms. The van der Waals surface area contributed by atoms with Gasteiger partial charge in [-0.2, -0.15) is 0 Å². The average Bonchev–Trinajstić information content (AvgIpc) is 2.68. The van der Waals surface area contributed by atoms with E-state index in [1.807, 2.05) is 60.4 Å². The molecule has 0 radical (unpaired) electrons. The Morgan fingerprint density at radius 2 is 1.78 bits per heavy atom. The van der Waals surface area contributed by atoms with Gasteiger partial charge in [0, 0.05) is 23.6 Å². The van der Waals surface area contributed by atoms with Crippen molar-refractivity contribution in [3.8, 4) is 5.75 Å². The van der Waals surface area contributed by atoms with Crippen molar-refractivity contribution in [2.45, 2.75) is 25.8 Å². The first-order chi connectivity index (χ1) is 13.0. The maximum atomic E-state index is 12.6. The molecule has 0 saturated carbocycles. The van der Waals surface area contributed by atoms with Crippen molar-refractivity contribution >= 4 is 27.7 Å². The van der Waals surface area contributed by atoms with Crippen molar-refractivity contribution in [2.75, 3.05) is 19.7 Å². The molecule has 142 valence electrons. The molecule has 0 unspecified atom stereocenters. The molecule has 1 aliphatic heterocycles. The topological polar surface area (TPSA) is 58.6 Å². The molecule has 1 saturated heterocycles. The van der Waals surface area contributed by atoms with Crippen LogP contribution in [-0.2, 0) is 4.79 Å². The molecule has 27 heavy (non-hydrogen) atoms. The highest BCUT2D eigenvalue weighted by Crippen LogP contribution is 2.20. The fourth-order valence-corrected chi connectivity index (χ4v) is 3.54. The van der Waals surface area contributed by atoms with Gasteiger partial charge in [-0.25, -0.2) is 0 Å². The number of amides is 2. The second-order valence-corrected chi connectivity index (χ2v) is 7.57. The molecule has 2 amide bonds. The van der Waals surface area contributed by atoms with Crippen LogP contribution in [0.4, 0.5) is 0 Å². The van der Waals surface area contributed by atoms with E-state index in [2.05, 4.69) is 21.2 Å². The Bertz CT molecular complexity index is 799. The second-order valence-electron chi connectivity index (χ2n) is 6.72. The second kappa shape index (κ2) is 9.04. The summed E-state index contributed by atoms with van der Waals surface area (Å²) in [6.45, 7) is 3.26. The molecule has 2 aromatic rings. The Labute approximate surface area is 167 Å². The van der Waals surface area contributed by atoms with Gasteiger partial charge in [-0.3, -0.25) is 9.59 Å². The summed E-state index contributed by atoms with van der Waals surface area (Å²) in [7, 11) is 0. The lowest BCUT2D eigenvalue weighted by atomic mass is 10.0. The van der Waals surface area contributed by atoms with Crippen LogP contribution in [0, 0.1) is 6.92 Å². The Hall–Kier alpha value is -2.34. The van der Waals surface area contributed by atoms with Crippen LogP contribution in [-0.4, -0.2) is 42.5 Å². The van der Waals surface area contributed by atoms with E-state index in [-0.39, 0.29) is 24.5 Å². The minimum absolute atomic E-state index is 0.000825. The monoisotopic (exact) mass is 430 g/mol. The van der Waals surface area contributed by atoms with Gasteiger partial charge in [0.15, 0.2) is 6.61 Å². The van der Waals surface area contributed by atoms with E-state index < -0.39 is 0 Å². The first-order valence-corrected chi connectivity index (χ1v) is 9.85. The van der Waals surface area contributed by atoms with Gasteiger partial charge in [0.05, 0.1) is 5.56 Å². The van der Waals surface area contributed by atoms with Gasteiger partial charge in [-0.15, -0.1) is 0 Å². The largest absolute Gasteiger partial charge is 0.484 e. The van der Waals surface area contributed by atoms with Crippen molar-refractivity contribution < 1.29 is 14.3 Å². The van der Waals surface area contributed by atoms with Crippen molar-refractivity contribution in [3.05, 3.63) is 64.1 Å². The molecule has 1 N–H and O–H groups in total. The molecule has 2 aromatic carbocycles. The number of aryl methyl sites for hydroxylation is 1. The molecular weight excluding hydrogens is 408 g/mol. The van der Waals surface area contributed by atoms with E-state index in [4.69, 9.17) is 4.74 Å². The Kier molecular flexibility index (Phi) is 6.50. The first-order valence-electron chi connectivity index (χ1n) is 9.05. The lowest BCUT2D eigenvalue weighted by Crippen LogP contribution is -2.47. The number of nitrogens with one attached hydrogen (secondary N) is 1. The van der Waals surface area contributed by atoms with E-state index in [0.29, 0.717) is 24.4 Å². The third-order valence-electron chi connectivity index (χ3n) is 4.64. The van der Waals surface area contributed by atoms with Crippen LogP contribution in [0.25, 0.3) is 0 Å². The number of hydrogen-bond donors (Lipinski definition) is 1. The number of piperidine rings is 1.